The van der Waals surface area contributed by atoms with E-state index in [1.54, 1.807) is 6.92 Å². The van der Waals surface area contributed by atoms with Crippen LogP contribution in [0.2, 0.25) is 0 Å². The van der Waals surface area contributed by atoms with E-state index in [0.717, 1.165) is 16.9 Å². The Kier molecular flexibility index (Phi) is 6.49. The van der Waals surface area contributed by atoms with Crippen LogP contribution in [-0.4, -0.2) is 21.4 Å². The first-order valence-electron chi connectivity index (χ1n) is 8.60. The van der Waals surface area contributed by atoms with Gasteiger partial charge in [0.25, 0.3) is 11.1 Å². The van der Waals surface area contributed by atoms with E-state index in [2.05, 4.69) is 15.5 Å². The molecule has 0 aliphatic carbocycles. The molecule has 0 bridgehead atoms. The van der Waals surface area contributed by atoms with Gasteiger partial charge in [0.15, 0.2) is 6.61 Å². The molecule has 2 aromatic carbocycles. The minimum absolute atomic E-state index is 0.0837. The monoisotopic (exact) mass is 383 g/mol. The molecule has 0 radical (unpaired) electrons. The molecular formula is C20H21N3O3S. The molecule has 0 aliphatic rings. The van der Waals surface area contributed by atoms with Gasteiger partial charge in [-0.1, -0.05) is 54.2 Å². The average Bonchev–Trinajstić information content (AvgIpc) is 3.12. The maximum absolute atomic E-state index is 12.2. The number of hydrogen-bond donors (Lipinski definition) is 1. The highest BCUT2D eigenvalue weighted by molar-refractivity contribution is 8.00. The smallest absolute Gasteiger partial charge is 0.277 e. The van der Waals surface area contributed by atoms with Crippen molar-refractivity contribution in [2.24, 2.45) is 0 Å². The van der Waals surface area contributed by atoms with E-state index in [-0.39, 0.29) is 17.8 Å². The lowest BCUT2D eigenvalue weighted by molar-refractivity contribution is -0.120. The lowest BCUT2D eigenvalue weighted by Crippen LogP contribution is -2.30. The highest BCUT2D eigenvalue weighted by Crippen LogP contribution is 2.22. The summed E-state index contributed by atoms with van der Waals surface area (Å²) in [7, 11) is 0. The SMILES string of the molecule is Cc1cccc(OCc2nnc(SC(C)C(=O)NCc3ccccc3)o2)c1. The summed E-state index contributed by atoms with van der Waals surface area (Å²) in [5.74, 6) is 1.03. The Labute approximate surface area is 162 Å². The summed E-state index contributed by atoms with van der Waals surface area (Å²) >= 11 is 1.22. The van der Waals surface area contributed by atoms with Crippen molar-refractivity contribution >= 4 is 17.7 Å². The highest BCUT2D eigenvalue weighted by Gasteiger charge is 2.18. The van der Waals surface area contributed by atoms with E-state index in [1.165, 1.54) is 11.8 Å². The lowest BCUT2D eigenvalue weighted by Gasteiger charge is -2.09. The number of hydrogen-bond acceptors (Lipinski definition) is 6. The number of thioether (sulfide) groups is 1. The average molecular weight is 383 g/mol. The Morgan fingerprint density at radius 1 is 1.19 bits per heavy atom. The van der Waals surface area contributed by atoms with Gasteiger partial charge >= 0.3 is 0 Å². The van der Waals surface area contributed by atoms with Crippen LogP contribution in [0.3, 0.4) is 0 Å². The summed E-state index contributed by atoms with van der Waals surface area (Å²) < 4.78 is 11.2. The van der Waals surface area contributed by atoms with Gasteiger partial charge in [-0.3, -0.25) is 4.79 Å². The molecule has 0 saturated heterocycles. The van der Waals surface area contributed by atoms with E-state index in [9.17, 15) is 4.79 Å². The third-order valence-corrected chi connectivity index (χ3v) is 4.69. The Balaban J connectivity index is 1.47. The van der Waals surface area contributed by atoms with Gasteiger partial charge in [0.1, 0.15) is 5.75 Å². The highest BCUT2D eigenvalue weighted by atomic mass is 32.2. The fraction of sp³-hybridized carbons (Fsp3) is 0.250. The number of carbonyl (C=O) groups excluding carboxylic acids is 1. The molecule has 1 aromatic heterocycles. The second-order valence-electron chi connectivity index (χ2n) is 6.03. The number of rotatable bonds is 8. The molecule has 3 rings (SSSR count). The van der Waals surface area contributed by atoms with Gasteiger partial charge in [0.2, 0.25) is 5.91 Å². The zero-order chi connectivity index (χ0) is 19.1. The van der Waals surface area contributed by atoms with Gasteiger partial charge in [0, 0.05) is 6.54 Å². The molecule has 1 heterocycles. The number of aromatic nitrogens is 2. The van der Waals surface area contributed by atoms with Crippen LogP contribution in [0.25, 0.3) is 0 Å². The van der Waals surface area contributed by atoms with Crippen LogP contribution in [0.5, 0.6) is 5.75 Å². The minimum atomic E-state index is -0.347. The van der Waals surface area contributed by atoms with E-state index in [4.69, 9.17) is 9.15 Å². The standard InChI is InChI=1S/C20H21N3O3S/c1-14-7-6-10-17(11-14)25-13-18-22-23-20(26-18)27-15(2)19(24)21-12-16-8-4-3-5-9-16/h3-11,15H,12-13H2,1-2H3,(H,21,24). The van der Waals surface area contributed by atoms with Crippen LogP contribution in [0, 0.1) is 6.92 Å². The molecule has 0 saturated carbocycles. The van der Waals surface area contributed by atoms with Gasteiger partial charge in [-0.2, -0.15) is 0 Å². The Bertz CT molecular complexity index is 883. The van der Waals surface area contributed by atoms with Crippen molar-refractivity contribution < 1.29 is 13.9 Å². The number of carbonyl (C=O) groups is 1. The van der Waals surface area contributed by atoms with Gasteiger partial charge < -0.3 is 14.5 Å². The molecule has 0 spiro atoms. The van der Waals surface area contributed by atoms with Gasteiger partial charge in [-0.25, -0.2) is 0 Å². The third-order valence-electron chi connectivity index (χ3n) is 3.76. The van der Waals surface area contributed by atoms with Crippen molar-refractivity contribution in [3.63, 3.8) is 0 Å². The van der Waals surface area contributed by atoms with Crippen molar-refractivity contribution in [2.45, 2.75) is 37.5 Å². The number of amides is 1. The molecule has 140 valence electrons. The largest absolute Gasteiger partial charge is 0.484 e. The number of nitrogens with one attached hydrogen (secondary N) is 1. The predicted molar refractivity (Wildman–Crippen MR) is 103 cm³/mol. The Morgan fingerprint density at radius 2 is 2.00 bits per heavy atom. The fourth-order valence-corrected chi connectivity index (χ4v) is 3.05. The molecule has 6 nitrogen and oxygen atoms in total. The van der Waals surface area contributed by atoms with Crippen molar-refractivity contribution in [1.82, 2.24) is 15.5 Å². The van der Waals surface area contributed by atoms with E-state index >= 15 is 0 Å². The van der Waals surface area contributed by atoms with Gasteiger partial charge in [-0.05, 0) is 37.1 Å². The van der Waals surface area contributed by atoms with Crippen LogP contribution in [0.15, 0.2) is 64.2 Å². The number of aryl methyl sites for hydroxylation is 1. The van der Waals surface area contributed by atoms with E-state index in [1.807, 2.05) is 61.5 Å². The Hall–Kier alpha value is -2.80. The second-order valence-corrected chi connectivity index (χ2v) is 7.32. The number of nitrogens with zero attached hydrogens (tertiary/aromatic N) is 2. The fourth-order valence-electron chi connectivity index (χ4n) is 2.33. The van der Waals surface area contributed by atoms with E-state index < -0.39 is 0 Å². The molecule has 1 amide bonds. The molecule has 0 fully saturated rings. The topological polar surface area (TPSA) is 77.2 Å². The van der Waals surface area contributed by atoms with Crippen LogP contribution in [-0.2, 0) is 17.9 Å². The zero-order valence-electron chi connectivity index (χ0n) is 15.2. The summed E-state index contributed by atoms with van der Waals surface area (Å²) in [4.78, 5) is 12.2. The summed E-state index contributed by atoms with van der Waals surface area (Å²) in [6.45, 7) is 4.48. The maximum Gasteiger partial charge on any atom is 0.277 e. The first kappa shape index (κ1) is 19.0. The van der Waals surface area contributed by atoms with E-state index in [0.29, 0.717) is 17.7 Å². The molecule has 3 aromatic rings. The van der Waals surface area contributed by atoms with Gasteiger partial charge in [-0.15, -0.1) is 10.2 Å². The molecule has 7 heteroatoms. The van der Waals surface area contributed by atoms with Crippen molar-refractivity contribution in [2.75, 3.05) is 0 Å². The quantitative estimate of drug-likeness (QED) is 0.597. The molecule has 0 aliphatic heterocycles. The second kappa shape index (κ2) is 9.23. The normalized spacial score (nSPS) is 11.8. The van der Waals surface area contributed by atoms with Crippen molar-refractivity contribution in [1.29, 1.82) is 0 Å². The predicted octanol–water partition coefficient (Wildman–Crippen LogP) is 3.75. The first-order valence-corrected chi connectivity index (χ1v) is 9.48. The molecular weight excluding hydrogens is 362 g/mol. The molecule has 1 atom stereocenters. The van der Waals surface area contributed by atoms with Crippen LogP contribution in [0.1, 0.15) is 23.9 Å². The maximum atomic E-state index is 12.2. The van der Waals surface area contributed by atoms with Crippen LogP contribution < -0.4 is 10.1 Å². The minimum Gasteiger partial charge on any atom is -0.484 e. The zero-order valence-corrected chi connectivity index (χ0v) is 16.0. The first-order chi connectivity index (χ1) is 13.1. The molecule has 1 unspecified atom stereocenters. The Morgan fingerprint density at radius 3 is 2.78 bits per heavy atom. The van der Waals surface area contributed by atoms with Crippen LogP contribution in [0.4, 0.5) is 0 Å². The molecule has 27 heavy (non-hydrogen) atoms. The summed E-state index contributed by atoms with van der Waals surface area (Å²) in [5.41, 5.74) is 2.17. The lowest BCUT2D eigenvalue weighted by atomic mass is 10.2. The summed E-state index contributed by atoms with van der Waals surface area (Å²) in [6.07, 6.45) is 0. The van der Waals surface area contributed by atoms with Crippen molar-refractivity contribution in [3.8, 4) is 5.75 Å². The number of benzene rings is 2. The van der Waals surface area contributed by atoms with Crippen LogP contribution >= 0.6 is 11.8 Å². The van der Waals surface area contributed by atoms with Gasteiger partial charge in [0.05, 0.1) is 5.25 Å². The molecule has 1 N–H and O–H groups in total. The third kappa shape index (κ3) is 5.86. The number of ether oxygens (including phenoxy) is 1. The van der Waals surface area contributed by atoms with Crippen molar-refractivity contribution in [3.05, 3.63) is 71.6 Å². The summed E-state index contributed by atoms with van der Waals surface area (Å²) in [6, 6.07) is 17.5. The summed E-state index contributed by atoms with van der Waals surface area (Å²) in [5, 5.41) is 10.8.